The molecule has 29 heavy (non-hydrogen) atoms. The Morgan fingerprint density at radius 3 is 1.93 bits per heavy atom. The van der Waals surface area contributed by atoms with Gasteiger partial charge in [0.25, 0.3) is 0 Å². The van der Waals surface area contributed by atoms with Crippen molar-refractivity contribution < 1.29 is 18.4 Å². The lowest BCUT2D eigenvalue weighted by atomic mass is 9.84. The maximum atomic E-state index is 12.4. The molecule has 0 radical (unpaired) electrons. The summed E-state index contributed by atoms with van der Waals surface area (Å²) in [6, 6.07) is 6.70. The van der Waals surface area contributed by atoms with Crippen LogP contribution in [-0.2, 0) is 18.4 Å². The van der Waals surface area contributed by atoms with Crippen molar-refractivity contribution in [1.82, 2.24) is 0 Å². The Morgan fingerprint density at radius 1 is 0.931 bits per heavy atom. The molecule has 1 heterocycles. The average Bonchev–Trinajstić information content (AvgIpc) is 2.76. The van der Waals surface area contributed by atoms with E-state index in [2.05, 4.69) is 48.5 Å². The Hall–Kier alpha value is -0.176. The average molecular weight is 445 g/mol. The summed E-state index contributed by atoms with van der Waals surface area (Å²) in [6.45, 7) is 16.4. The van der Waals surface area contributed by atoms with Crippen LogP contribution in [0.4, 0.5) is 0 Å². The van der Waals surface area contributed by atoms with Gasteiger partial charge in [-0.15, -0.1) is 0 Å². The molecule has 0 spiro atoms. The molecule has 0 amide bonds. The molecule has 1 saturated heterocycles. The highest BCUT2D eigenvalue weighted by atomic mass is 28.4. The molecule has 1 fully saturated rings. The third-order valence-electron chi connectivity index (χ3n) is 7.64. The normalized spacial score (nSPS) is 21.8. The van der Waals surface area contributed by atoms with Gasteiger partial charge < -0.3 is 13.6 Å². The topological polar surface area (TPSA) is 44.8 Å². The molecule has 0 aromatic rings. The van der Waals surface area contributed by atoms with Gasteiger partial charge >= 0.3 is 5.97 Å². The van der Waals surface area contributed by atoms with Gasteiger partial charge in [0, 0.05) is 6.42 Å². The molecule has 2 atom stereocenters. The van der Waals surface area contributed by atoms with Gasteiger partial charge in [-0.25, -0.2) is 0 Å². The molecule has 1 aliphatic heterocycles. The second-order valence-electron chi connectivity index (χ2n) is 8.90. The number of rotatable bonds is 15. The highest BCUT2D eigenvalue weighted by Crippen LogP contribution is 2.39. The first kappa shape index (κ1) is 26.9. The second kappa shape index (κ2) is 12.6. The van der Waals surface area contributed by atoms with Crippen molar-refractivity contribution in [2.45, 2.75) is 135 Å². The lowest BCUT2D eigenvalue weighted by Gasteiger charge is -2.47. The molecular formula is C23H48O4Si2. The van der Waals surface area contributed by atoms with Gasteiger partial charge in [0.15, 0.2) is 16.6 Å². The van der Waals surface area contributed by atoms with Crippen molar-refractivity contribution in [2.75, 3.05) is 6.61 Å². The van der Waals surface area contributed by atoms with Gasteiger partial charge in [-0.2, -0.15) is 0 Å². The molecule has 0 bridgehead atoms. The van der Waals surface area contributed by atoms with Crippen LogP contribution in [-0.4, -0.2) is 40.9 Å². The quantitative estimate of drug-likeness (QED) is 0.200. The fraction of sp³-hybridized carbons (Fsp3) is 0.957. The van der Waals surface area contributed by atoms with Crippen LogP contribution in [0.1, 0.15) is 87.0 Å². The van der Waals surface area contributed by atoms with Crippen LogP contribution < -0.4 is 0 Å². The molecule has 1 rings (SSSR count). The first-order valence-electron chi connectivity index (χ1n) is 12.4. The third-order valence-corrected chi connectivity index (χ3v) is 16.9. The molecule has 4 nitrogen and oxygen atoms in total. The van der Waals surface area contributed by atoms with Crippen LogP contribution in [0.25, 0.3) is 0 Å². The summed E-state index contributed by atoms with van der Waals surface area (Å²) >= 11 is 0. The maximum absolute atomic E-state index is 12.4. The second-order valence-corrected chi connectivity index (χ2v) is 18.4. The smallest absolute Gasteiger partial charge is 0.306 e. The number of ether oxygens (including phenoxy) is 1. The molecule has 0 N–H and O–H groups in total. The van der Waals surface area contributed by atoms with Crippen LogP contribution in [0.15, 0.2) is 0 Å². The van der Waals surface area contributed by atoms with E-state index < -0.39 is 22.2 Å². The Bertz CT molecular complexity index is 461. The molecule has 0 saturated carbocycles. The summed E-state index contributed by atoms with van der Waals surface area (Å²) in [6.07, 6.45) is 5.28. The third kappa shape index (κ3) is 6.91. The van der Waals surface area contributed by atoms with Crippen molar-refractivity contribution in [2.24, 2.45) is 0 Å². The predicted octanol–water partition coefficient (Wildman–Crippen LogP) is 7.05. The number of hydrogen-bond donors (Lipinski definition) is 0. The zero-order valence-corrected chi connectivity index (χ0v) is 22.4. The van der Waals surface area contributed by atoms with E-state index in [1.807, 2.05) is 0 Å². The van der Waals surface area contributed by atoms with E-state index in [0.29, 0.717) is 13.0 Å². The fourth-order valence-electron chi connectivity index (χ4n) is 4.80. The molecule has 0 aromatic carbocycles. The zero-order chi connectivity index (χ0) is 22.0. The van der Waals surface area contributed by atoms with E-state index in [0.717, 1.165) is 68.4 Å². The van der Waals surface area contributed by atoms with E-state index in [9.17, 15) is 4.79 Å². The summed E-state index contributed by atoms with van der Waals surface area (Å²) in [5.74, 6) is -0.0531. The van der Waals surface area contributed by atoms with E-state index in [1.165, 1.54) is 0 Å². The summed E-state index contributed by atoms with van der Waals surface area (Å²) < 4.78 is 20.0. The first-order chi connectivity index (χ1) is 13.8. The highest BCUT2D eigenvalue weighted by Gasteiger charge is 2.48. The maximum Gasteiger partial charge on any atom is 0.306 e. The summed E-state index contributed by atoms with van der Waals surface area (Å²) in [4.78, 5) is 12.4. The number of unbranched alkanes of at least 4 members (excludes halogenated alkanes) is 1. The first-order valence-corrected chi connectivity index (χ1v) is 17.4. The van der Waals surface area contributed by atoms with Crippen molar-refractivity contribution in [1.29, 1.82) is 0 Å². The van der Waals surface area contributed by atoms with Crippen LogP contribution >= 0.6 is 0 Å². The molecule has 0 aromatic heterocycles. The van der Waals surface area contributed by atoms with Gasteiger partial charge in [0.2, 0.25) is 0 Å². The minimum Gasteiger partial charge on any atom is -0.456 e. The number of carbonyl (C=O) groups excluding carboxylic acids is 1. The van der Waals surface area contributed by atoms with Crippen LogP contribution in [0.2, 0.25) is 36.3 Å². The number of carbonyl (C=O) groups is 1. The van der Waals surface area contributed by atoms with Crippen molar-refractivity contribution in [3.8, 4) is 0 Å². The van der Waals surface area contributed by atoms with E-state index in [1.54, 1.807) is 0 Å². The molecule has 6 heteroatoms. The Morgan fingerprint density at radius 2 is 1.48 bits per heavy atom. The van der Waals surface area contributed by atoms with Gasteiger partial charge in [-0.3, -0.25) is 4.79 Å². The minimum atomic E-state index is -1.86. The standard InChI is InChI=1S/C23H48O4Si2/c1-8-15-18-23(19-16-17-22(24)26-23)21(27-29(12-5,13-6)14-7)20-25-28(9-2,10-3)11-4/h21H,8-20H2,1-7H3/t21-,23+/m0/s1. The van der Waals surface area contributed by atoms with E-state index in [-0.39, 0.29) is 12.1 Å². The van der Waals surface area contributed by atoms with Crippen LogP contribution in [0.5, 0.6) is 0 Å². The lowest BCUT2D eigenvalue weighted by Crippen LogP contribution is -2.57. The van der Waals surface area contributed by atoms with E-state index >= 15 is 0 Å². The highest BCUT2D eigenvalue weighted by molar-refractivity contribution is 6.74. The number of hydrogen-bond acceptors (Lipinski definition) is 4. The SMILES string of the molecule is CCCC[C@]1([C@H](CO[Si](CC)(CC)CC)O[Si](CC)(CC)CC)CCCC(=O)O1. The number of cyclic esters (lactones) is 1. The fourth-order valence-corrected chi connectivity index (χ4v) is 10.3. The predicted molar refractivity (Wildman–Crippen MR) is 127 cm³/mol. The Kier molecular flexibility index (Phi) is 11.7. The van der Waals surface area contributed by atoms with Gasteiger partial charge in [-0.05, 0) is 61.9 Å². The molecule has 172 valence electrons. The summed E-state index contributed by atoms with van der Waals surface area (Å²) in [5, 5.41) is 0. The molecule has 1 aliphatic rings. The molecule has 0 aliphatic carbocycles. The van der Waals surface area contributed by atoms with Gasteiger partial charge in [0.05, 0.1) is 6.61 Å². The largest absolute Gasteiger partial charge is 0.456 e. The van der Waals surface area contributed by atoms with Crippen molar-refractivity contribution >= 4 is 22.6 Å². The molecule has 0 unspecified atom stereocenters. The summed E-state index contributed by atoms with van der Waals surface area (Å²) in [5.41, 5.74) is -0.502. The number of esters is 1. The van der Waals surface area contributed by atoms with Crippen LogP contribution in [0.3, 0.4) is 0 Å². The van der Waals surface area contributed by atoms with Crippen LogP contribution in [0, 0.1) is 0 Å². The molecular weight excluding hydrogens is 396 g/mol. The Labute approximate surface area is 182 Å². The Balaban J connectivity index is 3.25. The van der Waals surface area contributed by atoms with E-state index in [4.69, 9.17) is 13.6 Å². The van der Waals surface area contributed by atoms with Gasteiger partial charge in [-0.1, -0.05) is 54.9 Å². The van der Waals surface area contributed by atoms with Crippen molar-refractivity contribution in [3.63, 3.8) is 0 Å². The monoisotopic (exact) mass is 444 g/mol. The lowest BCUT2D eigenvalue weighted by molar-refractivity contribution is -0.186. The minimum absolute atomic E-state index is 0.0531. The van der Waals surface area contributed by atoms with Crippen molar-refractivity contribution in [3.05, 3.63) is 0 Å². The summed E-state index contributed by atoms with van der Waals surface area (Å²) in [7, 11) is -3.59. The van der Waals surface area contributed by atoms with Gasteiger partial charge in [0.1, 0.15) is 11.7 Å². The zero-order valence-electron chi connectivity index (χ0n) is 20.4.